The van der Waals surface area contributed by atoms with Gasteiger partial charge >= 0.3 is 5.97 Å². The van der Waals surface area contributed by atoms with Gasteiger partial charge in [0.1, 0.15) is 5.60 Å². The molecule has 4 bridgehead atoms. The van der Waals surface area contributed by atoms with Crippen molar-refractivity contribution in [3.63, 3.8) is 0 Å². The SMILES string of the molecule is CC(C)(CI)C(=O)OC12CC3CC(CC(O)(C3)C1)C2. The smallest absolute Gasteiger partial charge is 0.312 e. The zero-order valence-corrected chi connectivity index (χ0v) is 13.9. The Morgan fingerprint density at radius 3 is 2.37 bits per heavy atom. The third-order valence-corrected chi connectivity index (χ3v) is 7.08. The van der Waals surface area contributed by atoms with E-state index in [0.717, 1.165) is 30.1 Å². The molecule has 3 nitrogen and oxygen atoms in total. The molecule has 4 aliphatic rings. The van der Waals surface area contributed by atoms with Crippen LogP contribution >= 0.6 is 22.6 Å². The Balaban J connectivity index is 1.79. The van der Waals surface area contributed by atoms with E-state index in [2.05, 4.69) is 22.6 Å². The fourth-order valence-corrected chi connectivity index (χ4v) is 4.95. The van der Waals surface area contributed by atoms with Gasteiger partial charge in [-0.25, -0.2) is 0 Å². The lowest BCUT2D eigenvalue weighted by atomic mass is 9.52. The molecule has 2 unspecified atom stereocenters. The number of aliphatic hydroxyl groups is 1. The predicted molar refractivity (Wildman–Crippen MR) is 81.1 cm³/mol. The molecule has 19 heavy (non-hydrogen) atoms. The van der Waals surface area contributed by atoms with E-state index < -0.39 is 11.0 Å². The first-order valence-electron chi connectivity index (χ1n) is 7.28. The van der Waals surface area contributed by atoms with Crippen molar-refractivity contribution in [3.05, 3.63) is 0 Å². The molecule has 4 fully saturated rings. The summed E-state index contributed by atoms with van der Waals surface area (Å²) in [5.74, 6) is 1.02. The van der Waals surface area contributed by atoms with Crippen LogP contribution < -0.4 is 0 Å². The molecular weight excluding hydrogens is 355 g/mol. The Morgan fingerprint density at radius 1 is 1.32 bits per heavy atom. The summed E-state index contributed by atoms with van der Waals surface area (Å²) >= 11 is 2.24. The van der Waals surface area contributed by atoms with Gasteiger partial charge < -0.3 is 9.84 Å². The molecule has 0 aliphatic heterocycles. The summed E-state index contributed by atoms with van der Waals surface area (Å²) in [4.78, 5) is 12.4. The number of ether oxygens (including phenoxy) is 1. The van der Waals surface area contributed by atoms with E-state index >= 15 is 0 Å². The summed E-state index contributed by atoms with van der Waals surface area (Å²) in [6.45, 7) is 3.88. The van der Waals surface area contributed by atoms with E-state index in [-0.39, 0.29) is 11.6 Å². The van der Waals surface area contributed by atoms with E-state index in [1.165, 1.54) is 6.42 Å². The summed E-state index contributed by atoms with van der Waals surface area (Å²) in [5, 5.41) is 10.6. The Hall–Kier alpha value is 0.160. The molecule has 0 aromatic rings. The molecule has 1 N–H and O–H groups in total. The van der Waals surface area contributed by atoms with Crippen molar-refractivity contribution in [2.45, 2.75) is 63.6 Å². The molecule has 0 aromatic carbocycles. The van der Waals surface area contributed by atoms with Crippen molar-refractivity contribution in [1.82, 2.24) is 0 Å². The second-order valence-corrected chi connectivity index (χ2v) is 8.54. The number of carbonyl (C=O) groups excluding carboxylic acids is 1. The van der Waals surface area contributed by atoms with Gasteiger partial charge in [-0.05, 0) is 57.8 Å². The minimum Gasteiger partial charge on any atom is -0.459 e. The summed E-state index contributed by atoms with van der Waals surface area (Å²) in [5.41, 5.74) is -1.34. The molecule has 0 amide bonds. The highest BCUT2D eigenvalue weighted by molar-refractivity contribution is 14.1. The van der Waals surface area contributed by atoms with Crippen LogP contribution in [0.2, 0.25) is 0 Å². The normalized spacial score (nSPS) is 44.4. The lowest BCUT2D eigenvalue weighted by Gasteiger charge is -2.59. The molecule has 4 aliphatic carbocycles. The van der Waals surface area contributed by atoms with E-state index in [0.29, 0.717) is 18.3 Å². The maximum absolute atomic E-state index is 12.4. The first kappa shape index (κ1) is 14.1. The number of hydrogen-bond acceptors (Lipinski definition) is 3. The number of alkyl halides is 1. The van der Waals surface area contributed by atoms with Crippen LogP contribution in [0.3, 0.4) is 0 Å². The maximum Gasteiger partial charge on any atom is 0.312 e. The molecule has 0 spiro atoms. The lowest BCUT2D eigenvalue weighted by Crippen LogP contribution is -2.61. The van der Waals surface area contributed by atoms with Gasteiger partial charge in [0.25, 0.3) is 0 Å². The quantitative estimate of drug-likeness (QED) is 0.467. The van der Waals surface area contributed by atoms with Crippen LogP contribution in [-0.2, 0) is 9.53 Å². The number of carbonyl (C=O) groups is 1. The Kier molecular flexibility index (Phi) is 3.21. The minimum absolute atomic E-state index is 0.0903. The molecular formula is C15H23IO3. The number of halogens is 1. The van der Waals surface area contributed by atoms with Gasteiger partial charge in [-0.15, -0.1) is 0 Å². The predicted octanol–water partition coefficient (Wildman–Crippen LogP) is 3.07. The topological polar surface area (TPSA) is 46.5 Å². The first-order valence-corrected chi connectivity index (χ1v) is 8.80. The third kappa shape index (κ3) is 2.43. The van der Waals surface area contributed by atoms with Crippen LogP contribution in [0.1, 0.15) is 52.4 Å². The van der Waals surface area contributed by atoms with Gasteiger partial charge in [0, 0.05) is 10.8 Å². The highest BCUT2D eigenvalue weighted by Crippen LogP contribution is 2.59. The second-order valence-electron chi connectivity index (χ2n) is 7.78. The highest BCUT2D eigenvalue weighted by atomic mass is 127. The molecule has 2 atom stereocenters. The van der Waals surface area contributed by atoms with E-state index in [1.807, 2.05) is 13.8 Å². The van der Waals surface area contributed by atoms with Gasteiger partial charge in [-0.2, -0.15) is 0 Å². The molecule has 0 aromatic heterocycles. The average Bonchev–Trinajstić information content (AvgIpc) is 2.24. The van der Waals surface area contributed by atoms with Crippen LogP contribution in [0.25, 0.3) is 0 Å². The Morgan fingerprint density at radius 2 is 1.89 bits per heavy atom. The van der Waals surface area contributed by atoms with Crippen molar-refractivity contribution in [2.24, 2.45) is 17.3 Å². The van der Waals surface area contributed by atoms with Gasteiger partial charge in [0.05, 0.1) is 11.0 Å². The van der Waals surface area contributed by atoms with Gasteiger partial charge in [0.15, 0.2) is 0 Å². The maximum atomic E-state index is 12.4. The fraction of sp³-hybridized carbons (Fsp3) is 0.933. The van der Waals surface area contributed by atoms with E-state index in [1.54, 1.807) is 0 Å². The number of rotatable bonds is 3. The van der Waals surface area contributed by atoms with Crippen molar-refractivity contribution in [3.8, 4) is 0 Å². The van der Waals surface area contributed by atoms with Crippen LogP contribution in [-0.4, -0.2) is 26.7 Å². The fourth-order valence-electron chi connectivity index (χ4n) is 4.64. The Labute approximate surface area is 128 Å². The summed E-state index contributed by atoms with van der Waals surface area (Å²) < 4.78 is 6.73. The van der Waals surface area contributed by atoms with Gasteiger partial charge in [-0.3, -0.25) is 4.79 Å². The molecule has 4 saturated carbocycles. The molecule has 4 rings (SSSR count). The zero-order chi connectivity index (χ0) is 13.9. The average molecular weight is 378 g/mol. The van der Waals surface area contributed by atoms with Gasteiger partial charge in [-0.1, -0.05) is 22.6 Å². The van der Waals surface area contributed by atoms with Crippen molar-refractivity contribution >= 4 is 28.6 Å². The van der Waals surface area contributed by atoms with Crippen LogP contribution in [0, 0.1) is 17.3 Å². The number of hydrogen-bond donors (Lipinski definition) is 1. The Bertz CT molecular complexity index is 390. The van der Waals surface area contributed by atoms with E-state index in [4.69, 9.17) is 4.74 Å². The second kappa shape index (κ2) is 4.33. The summed E-state index contributed by atoms with van der Waals surface area (Å²) in [7, 11) is 0. The standard InChI is InChI=1S/C15H23IO3/c1-13(2,9-16)12(17)19-15-6-10-3-11(7-15)5-14(18,4-10)8-15/h10-11,18H,3-9H2,1-2H3. The zero-order valence-electron chi connectivity index (χ0n) is 11.7. The lowest BCUT2D eigenvalue weighted by molar-refractivity contribution is -0.224. The van der Waals surface area contributed by atoms with E-state index in [9.17, 15) is 9.90 Å². The summed E-state index contributed by atoms with van der Waals surface area (Å²) in [6.07, 6.45) is 5.65. The highest BCUT2D eigenvalue weighted by Gasteiger charge is 2.59. The third-order valence-electron chi connectivity index (χ3n) is 5.17. The monoisotopic (exact) mass is 378 g/mol. The van der Waals surface area contributed by atoms with Crippen LogP contribution in [0.4, 0.5) is 0 Å². The largest absolute Gasteiger partial charge is 0.459 e. The molecule has 0 radical (unpaired) electrons. The summed E-state index contributed by atoms with van der Waals surface area (Å²) in [6, 6.07) is 0. The van der Waals surface area contributed by atoms with Crippen molar-refractivity contribution < 1.29 is 14.6 Å². The van der Waals surface area contributed by atoms with Gasteiger partial charge in [0.2, 0.25) is 0 Å². The molecule has 0 saturated heterocycles. The minimum atomic E-state index is -0.557. The van der Waals surface area contributed by atoms with Crippen LogP contribution in [0.5, 0.6) is 0 Å². The van der Waals surface area contributed by atoms with Crippen molar-refractivity contribution in [1.29, 1.82) is 0 Å². The molecule has 108 valence electrons. The number of esters is 1. The first-order chi connectivity index (χ1) is 8.76. The van der Waals surface area contributed by atoms with Crippen molar-refractivity contribution in [2.75, 3.05) is 4.43 Å². The molecule has 0 heterocycles. The van der Waals surface area contributed by atoms with Crippen LogP contribution in [0.15, 0.2) is 0 Å². The molecule has 4 heteroatoms.